The van der Waals surface area contributed by atoms with Gasteiger partial charge in [-0.25, -0.2) is 9.78 Å². The van der Waals surface area contributed by atoms with Gasteiger partial charge in [-0.1, -0.05) is 12.8 Å². The fourth-order valence-corrected chi connectivity index (χ4v) is 3.18. The van der Waals surface area contributed by atoms with Crippen molar-refractivity contribution < 1.29 is 9.53 Å². The van der Waals surface area contributed by atoms with E-state index in [-0.39, 0.29) is 6.04 Å². The lowest BCUT2D eigenvalue weighted by Gasteiger charge is -2.15. The summed E-state index contributed by atoms with van der Waals surface area (Å²) < 4.78 is 4.68. The normalized spacial score (nSPS) is 17.4. The highest BCUT2D eigenvalue weighted by molar-refractivity contribution is 5.92. The topological polar surface area (TPSA) is 117 Å². The molecule has 2 heterocycles. The number of aromatic amines is 1. The van der Waals surface area contributed by atoms with Gasteiger partial charge in [0.25, 0.3) is 0 Å². The number of amides is 1. The summed E-state index contributed by atoms with van der Waals surface area (Å²) in [6.07, 6.45) is 5.32. The second-order valence-electron chi connectivity index (χ2n) is 6.53. The molecule has 0 spiro atoms. The third-order valence-corrected chi connectivity index (χ3v) is 4.57. The number of imidazole rings is 1. The maximum atomic E-state index is 11.5. The maximum absolute atomic E-state index is 11.5. The number of nitrogens with two attached hydrogens (primary N) is 1. The third-order valence-electron chi connectivity index (χ3n) is 4.57. The van der Waals surface area contributed by atoms with Gasteiger partial charge >= 0.3 is 6.09 Å². The summed E-state index contributed by atoms with van der Waals surface area (Å²) in [5.74, 6) is 0.767. The summed E-state index contributed by atoms with van der Waals surface area (Å²) in [5, 5.41) is 6.17. The number of ether oxygens (including phenoxy) is 1. The lowest BCUT2D eigenvalue weighted by molar-refractivity contribution is 0.187. The van der Waals surface area contributed by atoms with Crippen molar-refractivity contribution >= 4 is 23.7 Å². The first-order chi connectivity index (χ1) is 13.1. The molecule has 1 aliphatic rings. The highest BCUT2D eigenvalue weighted by Crippen LogP contribution is 2.33. The first-order valence-electron chi connectivity index (χ1n) is 9.13. The number of benzene rings is 1. The first kappa shape index (κ1) is 18.9. The third kappa shape index (κ3) is 4.46. The number of anilines is 2. The molecule has 0 aliphatic carbocycles. The van der Waals surface area contributed by atoms with Crippen LogP contribution in [0.2, 0.25) is 0 Å². The number of H-pyrrole nitrogens is 1. The molecule has 2 bridgehead atoms. The summed E-state index contributed by atoms with van der Waals surface area (Å²) in [4.78, 5) is 23.7. The molecule has 1 aromatic heterocycles. The number of methoxy groups -OCH3 is 1. The van der Waals surface area contributed by atoms with E-state index in [1.54, 1.807) is 13.3 Å². The second kappa shape index (κ2) is 8.68. The predicted molar refractivity (Wildman–Crippen MR) is 107 cm³/mol. The van der Waals surface area contributed by atoms with Gasteiger partial charge in [-0.15, -0.1) is 0 Å². The Balaban J connectivity index is 2.07. The molecule has 1 aliphatic heterocycles. The zero-order chi connectivity index (χ0) is 19.2. The van der Waals surface area contributed by atoms with Crippen LogP contribution >= 0.6 is 0 Å². The Morgan fingerprint density at radius 2 is 2.26 bits per heavy atom. The molecule has 144 valence electrons. The Morgan fingerprint density at radius 3 is 3.04 bits per heavy atom. The lowest BCUT2D eigenvalue weighted by Crippen LogP contribution is -2.13. The second-order valence-corrected chi connectivity index (χ2v) is 6.53. The number of nitrogens with one attached hydrogen (secondary N) is 3. The van der Waals surface area contributed by atoms with Gasteiger partial charge in [0.1, 0.15) is 5.82 Å². The van der Waals surface area contributed by atoms with Gasteiger partial charge in [0, 0.05) is 36.7 Å². The van der Waals surface area contributed by atoms with Crippen molar-refractivity contribution in [2.24, 2.45) is 10.7 Å². The molecule has 1 atom stereocenters. The van der Waals surface area contributed by atoms with Crippen molar-refractivity contribution in [2.45, 2.75) is 31.7 Å². The Labute approximate surface area is 158 Å². The van der Waals surface area contributed by atoms with Crippen LogP contribution in [-0.4, -0.2) is 43.0 Å². The van der Waals surface area contributed by atoms with Gasteiger partial charge in [0.05, 0.1) is 24.5 Å². The molecule has 3 rings (SSSR count). The van der Waals surface area contributed by atoms with Crippen LogP contribution in [0.25, 0.3) is 11.3 Å². The lowest BCUT2D eigenvalue weighted by atomic mass is 10.1. The van der Waals surface area contributed by atoms with Gasteiger partial charge in [-0.3, -0.25) is 10.3 Å². The Bertz CT molecular complexity index is 830. The number of carbonyl (C=O) groups excluding carboxylic acids is 1. The smallest absolute Gasteiger partial charge is 0.411 e. The van der Waals surface area contributed by atoms with E-state index < -0.39 is 6.09 Å². The highest BCUT2D eigenvalue weighted by Gasteiger charge is 2.19. The molecule has 0 unspecified atom stereocenters. The molecule has 8 nitrogen and oxygen atoms in total. The van der Waals surface area contributed by atoms with Crippen molar-refractivity contribution in [2.75, 3.05) is 31.3 Å². The molecule has 0 saturated carbocycles. The summed E-state index contributed by atoms with van der Waals surface area (Å²) in [7, 11) is 3.06. The molecular formula is C19H26N6O2. The largest absolute Gasteiger partial charge is 0.453 e. The monoisotopic (exact) mass is 370 g/mol. The minimum Gasteiger partial charge on any atom is -0.453 e. The van der Waals surface area contributed by atoms with Crippen molar-refractivity contribution in [1.29, 1.82) is 0 Å². The van der Waals surface area contributed by atoms with Crippen molar-refractivity contribution in [3.05, 3.63) is 29.7 Å². The number of nitrogens with zero attached hydrogens (tertiary/aromatic N) is 2. The number of rotatable bonds is 2. The standard InChI is InChI=1S/C19H26N6O2/c1-21-11-16-17-13-8-7-12(23-19(26)27-2)10-15(13)22-9-5-3-4-6-14(20)18(24-16)25-17/h7-8,10-11,14,22H,3-6,9,20H2,1-2H3,(H,23,26)(H,24,25)/b21-11+/t14-/m0/s1. The van der Waals surface area contributed by atoms with Crippen LogP contribution in [0.1, 0.15) is 43.2 Å². The van der Waals surface area contributed by atoms with E-state index in [9.17, 15) is 4.79 Å². The number of fused-ring (bicyclic) bond motifs is 4. The molecule has 1 amide bonds. The van der Waals surface area contributed by atoms with Crippen LogP contribution in [-0.2, 0) is 4.74 Å². The van der Waals surface area contributed by atoms with Crippen molar-refractivity contribution in [3.8, 4) is 11.3 Å². The Morgan fingerprint density at radius 1 is 1.41 bits per heavy atom. The Kier molecular flexibility index (Phi) is 6.08. The average molecular weight is 370 g/mol. The molecule has 2 aromatic rings. The van der Waals surface area contributed by atoms with Gasteiger partial charge in [0.2, 0.25) is 0 Å². The highest BCUT2D eigenvalue weighted by atomic mass is 16.5. The number of aromatic nitrogens is 2. The van der Waals surface area contributed by atoms with Crippen molar-refractivity contribution in [1.82, 2.24) is 9.97 Å². The molecule has 8 heteroatoms. The molecule has 0 radical (unpaired) electrons. The number of hydrogen-bond donors (Lipinski definition) is 4. The SMILES string of the molecule is C/N=C/c1[nH]c2nc1-c1ccc(NC(=O)OC)cc1NCCCCC[C@@H]2N. The van der Waals surface area contributed by atoms with E-state index in [4.69, 9.17) is 10.7 Å². The van der Waals surface area contributed by atoms with E-state index in [0.29, 0.717) is 5.69 Å². The van der Waals surface area contributed by atoms with E-state index in [0.717, 1.165) is 60.7 Å². The van der Waals surface area contributed by atoms with Crippen LogP contribution in [0, 0.1) is 0 Å². The van der Waals surface area contributed by atoms with Gasteiger partial charge in [0.15, 0.2) is 0 Å². The number of aliphatic imine (C=N–C) groups is 1. The Hall–Kier alpha value is -2.87. The minimum atomic E-state index is -0.505. The van der Waals surface area contributed by atoms with Crippen molar-refractivity contribution in [3.63, 3.8) is 0 Å². The van der Waals surface area contributed by atoms with Crippen LogP contribution in [0.4, 0.5) is 16.2 Å². The summed E-state index contributed by atoms with van der Waals surface area (Å²) >= 11 is 0. The molecule has 0 saturated heterocycles. The predicted octanol–water partition coefficient (Wildman–Crippen LogP) is 3.29. The van der Waals surface area contributed by atoms with E-state index in [1.807, 2.05) is 18.2 Å². The summed E-state index contributed by atoms with van der Waals surface area (Å²) in [6, 6.07) is 5.51. The van der Waals surface area contributed by atoms with E-state index in [2.05, 4.69) is 25.3 Å². The maximum Gasteiger partial charge on any atom is 0.411 e. The van der Waals surface area contributed by atoms with E-state index in [1.165, 1.54) is 7.11 Å². The molecular weight excluding hydrogens is 344 g/mol. The molecule has 1 aromatic carbocycles. The van der Waals surface area contributed by atoms with Crippen LogP contribution in [0.3, 0.4) is 0 Å². The average Bonchev–Trinajstić information content (AvgIpc) is 3.08. The zero-order valence-electron chi connectivity index (χ0n) is 15.7. The van der Waals surface area contributed by atoms with Gasteiger partial charge in [-0.2, -0.15) is 0 Å². The van der Waals surface area contributed by atoms with Crippen LogP contribution < -0.4 is 16.4 Å². The van der Waals surface area contributed by atoms with Crippen LogP contribution in [0.5, 0.6) is 0 Å². The van der Waals surface area contributed by atoms with E-state index >= 15 is 0 Å². The number of carbonyl (C=O) groups is 1. The molecule has 0 fully saturated rings. The van der Waals surface area contributed by atoms with Crippen LogP contribution in [0.15, 0.2) is 23.2 Å². The van der Waals surface area contributed by atoms with Gasteiger partial charge < -0.3 is 20.8 Å². The number of hydrogen-bond acceptors (Lipinski definition) is 6. The quantitative estimate of drug-likeness (QED) is 0.605. The molecule has 27 heavy (non-hydrogen) atoms. The first-order valence-corrected chi connectivity index (χ1v) is 9.13. The van der Waals surface area contributed by atoms with Gasteiger partial charge in [-0.05, 0) is 31.0 Å². The fourth-order valence-electron chi connectivity index (χ4n) is 3.18. The summed E-state index contributed by atoms with van der Waals surface area (Å²) in [5.41, 5.74) is 10.4. The fraction of sp³-hybridized carbons (Fsp3) is 0.421. The summed E-state index contributed by atoms with van der Waals surface area (Å²) in [6.45, 7) is 0.832. The minimum absolute atomic E-state index is 0.126. The molecule has 5 N–H and O–H groups in total. The zero-order valence-corrected chi connectivity index (χ0v) is 15.7.